The third-order valence-corrected chi connectivity index (χ3v) is 7.04. The van der Waals surface area contributed by atoms with E-state index >= 15 is 0 Å². The molecule has 0 radical (unpaired) electrons. The van der Waals surface area contributed by atoms with Crippen LogP contribution in [0.4, 0.5) is 26.1 Å². The van der Waals surface area contributed by atoms with Crippen LogP contribution < -0.4 is 5.32 Å². The minimum atomic E-state index is -1.24. The first-order chi connectivity index (χ1) is 17.1. The number of anilines is 2. The van der Waals surface area contributed by atoms with E-state index in [1.807, 2.05) is 11.8 Å². The van der Waals surface area contributed by atoms with Crippen molar-refractivity contribution in [2.45, 2.75) is 45.7 Å². The van der Waals surface area contributed by atoms with Crippen LogP contribution in [0.25, 0.3) is 4.85 Å². The Morgan fingerprint density at radius 2 is 2.17 bits per heavy atom. The van der Waals surface area contributed by atoms with Gasteiger partial charge in [0, 0.05) is 30.3 Å². The van der Waals surface area contributed by atoms with Crippen molar-refractivity contribution in [2.24, 2.45) is 5.41 Å². The summed E-state index contributed by atoms with van der Waals surface area (Å²) < 4.78 is 29.2. The Morgan fingerprint density at radius 1 is 1.39 bits per heavy atom. The van der Waals surface area contributed by atoms with Gasteiger partial charge >= 0.3 is 5.97 Å². The van der Waals surface area contributed by atoms with Gasteiger partial charge in [0.05, 0.1) is 22.7 Å². The zero-order chi connectivity index (χ0) is 26.0. The molecule has 3 N–H and O–H groups in total. The van der Waals surface area contributed by atoms with E-state index in [-0.39, 0.29) is 47.7 Å². The summed E-state index contributed by atoms with van der Waals surface area (Å²) in [7, 11) is 0. The molecule has 188 valence electrons. The Balaban J connectivity index is 1.54. The number of nitrogens with zero attached hydrogens (tertiary/aromatic N) is 4. The van der Waals surface area contributed by atoms with E-state index in [1.54, 1.807) is 19.1 Å². The molecule has 4 rings (SSSR count). The Hall–Kier alpha value is -3.55. The SMILES string of the molecule is [C-]#[N+]c1c(Nc2ccc(F)c(CC3(C(=O)O)CCN(Cc4cccc(Cl)c4F)C(C)C3)n2)n[nH]c1C. The van der Waals surface area contributed by atoms with Crippen LogP contribution in [0, 0.1) is 30.5 Å². The second kappa shape index (κ2) is 10.2. The minimum Gasteiger partial charge on any atom is -0.481 e. The Bertz CT molecular complexity index is 1340. The first kappa shape index (κ1) is 25.5. The fourth-order valence-corrected chi connectivity index (χ4v) is 4.89. The number of halogens is 3. The molecule has 2 unspecified atom stereocenters. The number of carboxylic acids is 1. The largest absolute Gasteiger partial charge is 0.481 e. The number of pyridine rings is 1. The molecule has 3 heterocycles. The first-order valence-electron chi connectivity index (χ1n) is 11.4. The number of aryl methyl sites for hydroxylation is 1. The zero-order valence-corrected chi connectivity index (χ0v) is 20.5. The van der Waals surface area contributed by atoms with Gasteiger partial charge in [-0.3, -0.25) is 14.8 Å². The highest BCUT2D eigenvalue weighted by Gasteiger charge is 2.45. The van der Waals surface area contributed by atoms with Crippen LogP contribution in [0.15, 0.2) is 30.3 Å². The molecule has 1 fully saturated rings. The number of aromatic nitrogens is 3. The standard InChI is InChI=1S/C25H25ClF2N6O2/c1-14-11-25(24(35)36,9-10-34(14)13-16-5-4-6-17(26)21(16)28)12-19-18(27)7-8-20(30-19)31-23-22(29-3)15(2)32-33-23/h4-8,14H,9-13H2,1-2H3,(H,35,36)(H2,30,31,32,33). The van der Waals surface area contributed by atoms with Crippen molar-refractivity contribution in [3.63, 3.8) is 0 Å². The third kappa shape index (κ3) is 5.03. The number of aliphatic carboxylic acids is 1. The van der Waals surface area contributed by atoms with Crippen molar-refractivity contribution >= 4 is 34.9 Å². The molecule has 0 saturated carbocycles. The van der Waals surface area contributed by atoms with Gasteiger partial charge in [-0.15, -0.1) is 0 Å². The van der Waals surface area contributed by atoms with E-state index in [0.717, 1.165) is 0 Å². The summed E-state index contributed by atoms with van der Waals surface area (Å²) in [5, 5.41) is 19.9. The molecule has 1 saturated heterocycles. The van der Waals surface area contributed by atoms with Gasteiger partial charge in [0.1, 0.15) is 17.5 Å². The summed E-state index contributed by atoms with van der Waals surface area (Å²) in [5.41, 5.74) is 0.0940. The molecule has 0 spiro atoms. The summed E-state index contributed by atoms with van der Waals surface area (Å²) in [4.78, 5) is 22.2. The molecule has 0 bridgehead atoms. The van der Waals surface area contributed by atoms with Crippen LogP contribution in [0.2, 0.25) is 5.02 Å². The van der Waals surface area contributed by atoms with Gasteiger partial charge in [-0.05, 0) is 51.4 Å². The topological polar surface area (TPSA) is 98.5 Å². The number of hydrogen-bond donors (Lipinski definition) is 3. The van der Waals surface area contributed by atoms with Crippen molar-refractivity contribution in [1.29, 1.82) is 0 Å². The van der Waals surface area contributed by atoms with Gasteiger partial charge in [0.25, 0.3) is 0 Å². The quantitative estimate of drug-likeness (QED) is 0.353. The monoisotopic (exact) mass is 514 g/mol. The number of carboxylic acid groups (broad SMARTS) is 1. The highest BCUT2D eigenvalue weighted by atomic mass is 35.5. The van der Waals surface area contributed by atoms with Crippen molar-refractivity contribution in [3.05, 3.63) is 75.4 Å². The lowest BCUT2D eigenvalue weighted by Crippen LogP contribution is -2.50. The van der Waals surface area contributed by atoms with Crippen molar-refractivity contribution in [3.8, 4) is 0 Å². The maximum absolute atomic E-state index is 14.8. The number of rotatable bonds is 7. The van der Waals surface area contributed by atoms with E-state index in [4.69, 9.17) is 18.2 Å². The van der Waals surface area contributed by atoms with Crippen LogP contribution in [0.5, 0.6) is 0 Å². The Labute approximate surface area is 212 Å². The summed E-state index contributed by atoms with van der Waals surface area (Å²) in [6.45, 7) is 11.6. The highest BCUT2D eigenvalue weighted by molar-refractivity contribution is 6.30. The molecular weight excluding hydrogens is 490 g/mol. The van der Waals surface area contributed by atoms with Gasteiger partial charge in [-0.1, -0.05) is 23.7 Å². The first-order valence-corrected chi connectivity index (χ1v) is 11.8. The van der Waals surface area contributed by atoms with Crippen LogP contribution in [-0.4, -0.2) is 43.7 Å². The molecule has 0 aliphatic carbocycles. The normalized spacial score (nSPS) is 20.2. The predicted molar refractivity (Wildman–Crippen MR) is 131 cm³/mol. The average Bonchev–Trinajstić information content (AvgIpc) is 3.19. The van der Waals surface area contributed by atoms with Gasteiger partial charge < -0.3 is 10.4 Å². The Morgan fingerprint density at radius 3 is 2.86 bits per heavy atom. The molecule has 1 aliphatic rings. The zero-order valence-electron chi connectivity index (χ0n) is 19.8. The molecule has 8 nitrogen and oxygen atoms in total. The number of hydrogen-bond acceptors (Lipinski definition) is 5. The van der Waals surface area contributed by atoms with E-state index in [1.165, 1.54) is 18.2 Å². The van der Waals surface area contributed by atoms with Crippen LogP contribution in [0.1, 0.15) is 36.7 Å². The van der Waals surface area contributed by atoms with Gasteiger partial charge in [-0.25, -0.2) is 18.6 Å². The third-order valence-electron chi connectivity index (χ3n) is 6.74. The Kier molecular flexibility index (Phi) is 7.24. The number of benzene rings is 1. The van der Waals surface area contributed by atoms with Crippen molar-refractivity contribution in [1.82, 2.24) is 20.1 Å². The molecule has 1 aliphatic heterocycles. The minimum absolute atomic E-state index is 0.0144. The fourth-order valence-electron chi connectivity index (χ4n) is 4.70. The van der Waals surface area contributed by atoms with Gasteiger partial charge in [0.2, 0.25) is 5.69 Å². The average molecular weight is 515 g/mol. The smallest absolute Gasteiger partial charge is 0.310 e. The second-order valence-corrected chi connectivity index (χ2v) is 9.56. The molecule has 2 aromatic heterocycles. The lowest BCUT2D eigenvalue weighted by molar-refractivity contribution is -0.153. The lowest BCUT2D eigenvalue weighted by Gasteiger charge is -2.43. The molecule has 2 atom stereocenters. The predicted octanol–water partition coefficient (Wildman–Crippen LogP) is 5.64. The summed E-state index contributed by atoms with van der Waals surface area (Å²) >= 11 is 5.90. The summed E-state index contributed by atoms with van der Waals surface area (Å²) in [6, 6.07) is 7.25. The molecular formula is C25H25ClF2N6O2. The van der Waals surface area contributed by atoms with Gasteiger partial charge in [-0.2, -0.15) is 5.10 Å². The fraction of sp³-hybridized carbons (Fsp3) is 0.360. The van der Waals surface area contributed by atoms with E-state index in [0.29, 0.717) is 30.0 Å². The summed E-state index contributed by atoms with van der Waals surface area (Å²) in [6.07, 6.45) is 0.375. The number of likely N-dealkylation sites (tertiary alicyclic amines) is 1. The maximum Gasteiger partial charge on any atom is 0.310 e. The van der Waals surface area contributed by atoms with E-state index < -0.39 is 23.0 Å². The van der Waals surface area contributed by atoms with Gasteiger partial charge in [0.15, 0.2) is 5.82 Å². The molecule has 0 amide bonds. The van der Waals surface area contributed by atoms with Crippen LogP contribution in [0.3, 0.4) is 0 Å². The van der Waals surface area contributed by atoms with E-state index in [9.17, 15) is 18.7 Å². The second-order valence-electron chi connectivity index (χ2n) is 9.16. The van der Waals surface area contributed by atoms with E-state index in [2.05, 4.69) is 25.3 Å². The van der Waals surface area contributed by atoms with Crippen molar-refractivity contribution in [2.75, 3.05) is 11.9 Å². The number of aromatic amines is 1. The lowest BCUT2D eigenvalue weighted by atomic mass is 9.72. The number of carbonyl (C=O) groups is 1. The molecule has 11 heteroatoms. The van der Waals surface area contributed by atoms with Crippen molar-refractivity contribution < 1.29 is 18.7 Å². The number of nitrogens with one attached hydrogen (secondary N) is 2. The molecule has 1 aromatic carbocycles. The molecule has 3 aromatic rings. The summed E-state index contributed by atoms with van der Waals surface area (Å²) in [5.74, 6) is -1.60. The number of H-pyrrole nitrogens is 1. The highest BCUT2D eigenvalue weighted by Crippen LogP contribution is 2.40. The maximum atomic E-state index is 14.8. The van der Waals surface area contributed by atoms with Crippen LogP contribution in [-0.2, 0) is 17.8 Å². The molecule has 36 heavy (non-hydrogen) atoms. The van der Waals surface area contributed by atoms with Crippen LogP contribution >= 0.6 is 11.6 Å². The number of piperidine rings is 1.